The topological polar surface area (TPSA) is 51.8 Å². The Balaban J connectivity index is 2.05. The quantitative estimate of drug-likeness (QED) is 0.519. The van der Waals surface area contributed by atoms with Gasteiger partial charge in [0, 0.05) is 21.4 Å². The predicted molar refractivity (Wildman–Crippen MR) is 91.9 cm³/mol. The number of halogens is 1. The number of nitrogens with two attached hydrogens (primary N) is 1. The van der Waals surface area contributed by atoms with Crippen LogP contribution in [0.5, 0.6) is 0 Å². The molecule has 3 aromatic carbocycles. The van der Waals surface area contributed by atoms with Crippen molar-refractivity contribution >= 4 is 39.1 Å². The number of nitrogen functional groups attached to an aromatic ring is 1. The first kappa shape index (κ1) is 13.0. The molecule has 0 atom stereocenters. The summed E-state index contributed by atoms with van der Waals surface area (Å²) in [4.78, 5) is 9.16. The van der Waals surface area contributed by atoms with E-state index in [1.54, 1.807) is 0 Å². The Morgan fingerprint density at radius 1 is 0.773 bits per heavy atom. The predicted octanol–water partition coefficient (Wildman–Crippen LogP) is 4.69. The molecule has 1 heterocycles. The molecule has 4 heteroatoms. The first-order chi connectivity index (χ1) is 10.7. The lowest BCUT2D eigenvalue weighted by molar-refractivity contribution is 1.24. The molecule has 0 aliphatic heterocycles. The maximum Gasteiger partial charge on any atom is 0.162 e. The lowest BCUT2D eigenvalue weighted by Gasteiger charge is -2.08. The van der Waals surface area contributed by atoms with Crippen molar-refractivity contribution in [2.45, 2.75) is 0 Å². The van der Waals surface area contributed by atoms with Gasteiger partial charge >= 0.3 is 0 Å². The Hall–Kier alpha value is -2.65. The summed E-state index contributed by atoms with van der Waals surface area (Å²) in [5.41, 5.74) is 7.90. The van der Waals surface area contributed by atoms with Crippen LogP contribution in [0, 0.1) is 0 Å². The van der Waals surface area contributed by atoms with Crippen LogP contribution in [0.4, 0.5) is 5.82 Å². The zero-order valence-electron chi connectivity index (χ0n) is 11.6. The van der Waals surface area contributed by atoms with Gasteiger partial charge in [-0.2, -0.15) is 0 Å². The van der Waals surface area contributed by atoms with Gasteiger partial charge in [-0.3, -0.25) is 0 Å². The molecule has 3 nitrogen and oxygen atoms in total. The number of rotatable bonds is 1. The van der Waals surface area contributed by atoms with Gasteiger partial charge in [0.05, 0.1) is 5.52 Å². The Morgan fingerprint density at radius 2 is 1.55 bits per heavy atom. The lowest BCUT2D eigenvalue weighted by atomic mass is 10.1. The first-order valence-corrected chi connectivity index (χ1v) is 7.31. The van der Waals surface area contributed by atoms with Crippen LogP contribution in [0.25, 0.3) is 33.1 Å². The van der Waals surface area contributed by atoms with Crippen LogP contribution >= 0.6 is 11.6 Å². The van der Waals surface area contributed by atoms with Crippen molar-refractivity contribution in [3.8, 4) is 11.4 Å². The van der Waals surface area contributed by atoms with E-state index < -0.39 is 0 Å². The molecule has 0 saturated carbocycles. The van der Waals surface area contributed by atoms with Crippen molar-refractivity contribution in [1.82, 2.24) is 9.97 Å². The van der Waals surface area contributed by atoms with Crippen molar-refractivity contribution in [1.29, 1.82) is 0 Å². The minimum absolute atomic E-state index is 0.487. The largest absolute Gasteiger partial charge is 0.383 e. The van der Waals surface area contributed by atoms with Gasteiger partial charge < -0.3 is 5.73 Å². The van der Waals surface area contributed by atoms with Crippen LogP contribution in [0.2, 0.25) is 5.02 Å². The first-order valence-electron chi connectivity index (χ1n) is 6.93. The number of aromatic nitrogens is 2. The Morgan fingerprint density at radius 3 is 2.36 bits per heavy atom. The van der Waals surface area contributed by atoms with Crippen LogP contribution in [0.3, 0.4) is 0 Å². The molecule has 0 spiro atoms. The van der Waals surface area contributed by atoms with Crippen LogP contribution < -0.4 is 5.73 Å². The smallest absolute Gasteiger partial charge is 0.162 e. The highest BCUT2D eigenvalue weighted by molar-refractivity contribution is 6.30. The molecule has 22 heavy (non-hydrogen) atoms. The van der Waals surface area contributed by atoms with Crippen molar-refractivity contribution < 1.29 is 0 Å². The second-order valence-corrected chi connectivity index (χ2v) is 5.56. The van der Waals surface area contributed by atoms with Crippen molar-refractivity contribution in [3.05, 3.63) is 65.7 Å². The van der Waals surface area contributed by atoms with Gasteiger partial charge in [0.2, 0.25) is 0 Å². The average molecular weight is 306 g/mol. The van der Waals surface area contributed by atoms with E-state index in [9.17, 15) is 0 Å². The number of benzene rings is 3. The molecule has 106 valence electrons. The van der Waals surface area contributed by atoms with E-state index >= 15 is 0 Å². The van der Waals surface area contributed by atoms with Gasteiger partial charge in [-0.05, 0) is 35.7 Å². The van der Waals surface area contributed by atoms with E-state index in [1.165, 1.54) is 0 Å². The minimum atomic E-state index is 0.487. The molecule has 0 aliphatic rings. The highest BCUT2D eigenvalue weighted by atomic mass is 35.5. The molecule has 0 unspecified atom stereocenters. The van der Waals surface area contributed by atoms with Crippen LogP contribution in [0.15, 0.2) is 60.7 Å². The summed E-state index contributed by atoms with van der Waals surface area (Å²) in [6.07, 6.45) is 0. The van der Waals surface area contributed by atoms with Crippen LogP contribution in [0.1, 0.15) is 0 Å². The monoisotopic (exact) mass is 305 g/mol. The van der Waals surface area contributed by atoms with E-state index in [1.807, 2.05) is 48.5 Å². The van der Waals surface area contributed by atoms with Crippen molar-refractivity contribution in [3.63, 3.8) is 0 Å². The number of hydrogen-bond donors (Lipinski definition) is 1. The third-order valence-electron chi connectivity index (χ3n) is 3.72. The van der Waals surface area contributed by atoms with E-state index in [4.69, 9.17) is 22.3 Å². The molecule has 2 N–H and O–H groups in total. The summed E-state index contributed by atoms with van der Waals surface area (Å²) < 4.78 is 0. The zero-order chi connectivity index (χ0) is 15.1. The van der Waals surface area contributed by atoms with Gasteiger partial charge in [0.1, 0.15) is 5.82 Å². The lowest BCUT2D eigenvalue weighted by Crippen LogP contribution is -1.98. The third kappa shape index (κ3) is 2.07. The third-order valence-corrected chi connectivity index (χ3v) is 3.97. The summed E-state index contributed by atoms with van der Waals surface area (Å²) in [5, 5.41) is 3.76. The fourth-order valence-electron chi connectivity index (χ4n) is 2.62. The highest BCUT2D eigenvalue weighted by Crippen LogP contribution is 2.29. The second-order valence-electron chi connectivity index (χ2n) is 5.12. The summed E-state index contributed by atoms with van der Waals surface area (Å²) in [6, 6.07) is 19.6. The summed E-state index contributed by atoms with van der Waals surface area (Å²) >= 11 is 5.94. The van der Waals surface area contributed by atoms with Crippen LogP contribution in [-0.4, -0.2) is 9.97 Å². The average Bonchev–Trinajstić information content (AvgIpc) is 2.55. The van der Waals surface area contributed by atoms with Gasteiger partial charge in [-0.1, -0.05) is 41.9 Å². The number of fused-ring (bicyclic) bond motifs is 3. The van der Waals surface area contributed by atoms with Crippen LogP contribution in [-0.2, 0) is 0 Å². The normalized spacial score (nSPS) is 11.1. The zero-order valence-corrected chi connectivity index (χ0v) is 12.4. The number of anilines is 1. The standard InChI is InChI=1S/C18H12ClN3/c19-13-8-5-12(6-9-13)18-21-16-14-4-2-1-3-11(14)7-10-15(16)17(20)22-18/h1-10H,(H2,20,21,22). The molecule has 0 fully saturated rings. The molecule has 0 saturated heterocycles. The van der Waals surface area contributed by atoms with Gasteiger partial charge in [-0.15, -0.1) is 0 Å². The molecule has 0 amide bonds. The molecular formula is C18H12ClN3. The van der Waals surface area contributed by atoms with Gasteiger partial charge in [0.25, 0.3) is 0 Å². The summed E-state index contributed by atoms with van der Waals surface area (Å²) in [6.45, 7) is 0. The molecule has 4 aromatic rings. The van der Waals surface area contributed by atoms with E-state index in [2.05, 4.69) is 17.1 Å². The fraction of sp³-hybridized carbons (Fsp3) is 0. The minimum Gasteiger partial charge on any atom is -0.383 e. The van der Waals surface area contributed by atoms with E-state index in [0.717, 1.165) is 27.2 Å². The molecule has 4 rings (SSSR count). The highest BCUT2D eigenvalue weighted by Gasteiger charge is 2.10. The Labute approximate surface area is 132 Å². The maximum absolute atomic E-state index is 6.14. The fourth-order valence-corrected chi connectivity index (χ4v) is 2.74. The Kier molecular flexibility index (Phi) is 2.94. The second kappa shape index (κ2) is 4.97. The van der Waals surface area contributed by atoms with E-state index in [-0.39, 0.29) is 0 Å². The van der Waals surface area contributed by atoms with Crippen molar-refractivity contribution in [2.75, 3.05) is 5.73 Å². The van der Waals surface area contributed by atoms with Gasteiger partial charge in [0.15, 0.2) is 5.82 Å². The SMILES string of the molecule is Nc1nc(-c2ccc(Cl)cc2)nc2c1ccc1ccccc12. The molecule has 0 radical (unpaired) electrons. The summed E-state index contributed by atoms with van der Waals surface area (Å²) in [7, 11) is 0. The molecular weight excluding hydrogens is 294 g/mol. The van der Waals surface area contributed by atoms with Crippen molar-refractivity contribution in [2.24, 2.45) is 0 Å². The number of nitrogens with zero attached hydrogens (tertiary/aromatic N) is 2. The van der Waals surface area contributed by atoms with Gasteiger partial charge in [-0.25, -0.2) is 9.97 Å². The number of hydrogen-bond acceptors (Lipinski definition) is 3. The summed E-state index contributed by atoms with van der Waals surface area (Å²) in [5.74, 6) is 1.10. The molecule has 1 aromatic heterocycles. The molecule has 0 bridgehead atoms. The maximum atomic E-state index is 6.14. The van der Waals surface area contributed by atoms with E-state index in [0.29, 0.717) is 16.7 Å². The molecule has 0 aliphatic carbocycles. The Bertz CT molecular complexity index is 994.